The van der Waals surface area contributed by atoms with Crippen molar-refractivity contribution in [1.29, 1.82) is 0 Å². The third-order valence-corrected chi connectivity index (χ3v) is 3.94. The zero-order valence-electron chi connectivity index (χ0n) is 11.7. The molecule has 0 saturated carbocycles. The standard InChI is InChI=1S/C15H25IO/c1-12(2)6-9-15(5,10-7-14(4)17)13(3)8-11-16/h6-7,10,13H,8-9,11H2,1-5H3/b10-7+/t13-,15-/m1/s1. The summed E-state index contributed by atoms with van der Waals surface area (Å²) in [7, 11) is 0. The average molecular weight is 348 g/mol. The fourth-order valence-electron chi connectivity index (χ4n) is 1.66. The Balaban J connectivity index is 4.91. The number of carbonyl (C=O) groups excluding carboxylic acids is 1. The van der Waals surface area contributed by atoms with E-state index < -0.39 is 0 Å². The van der Waals surface area contributed by atoms with Crippen LogP contribution in [0.1, 0.15) is 47.5 Å². The van der Waals surface area contributed by atoms with Crippen LogP contribution in [0.2, 0.25) is 0 Å². The van der Waals surface area contributed by atoms with Gasteiger partial charge in [0.05, 0.1) is 0 Å². The lowest BCUT2D eigenvalue weighted by atomic mass is 9.73. The summed E-state index contributed by atoms with van der Waals surface area (Å²) in [5, 5.41) is 0. The van der Waals surface area contributed by atoms with Crippen molar-refractivity contribution < 1.29 is 4.79 Å². The molecule has 2 atom stereocenters. The number of allylic oxidation sites excluding steroid dienone is 4. The average Bonchev–Trinajstić information content (AvgIpc) is 2.24. The second-order valence-corrected chi connectivity index (χ2v) is 6.39. The van der Waals surface area contributed by atoms with Crippen molar-refractivity contribution >= 4 is 28.4 Å². The van der Waals surface area contributed by atoms with Gasteiger partial charge in [0.1, 0.15) is 0 Å². The monoisotopic (exact) mass is 348 g/mol. The molecule has 2 heteroatoms. The van der Waals surface area contributed by atoms with Crippen molar-refractivity contribution in [3.63, 3.8) is 0 Å². The first-order valence-corrected chi connectivity index (χ1v) is 7.73. The van der Waals surface area contributed by atoms with E-state index in [1.165, 1.54) is 12.0 Å². The molecule has 0 fully saturated rings. The molecule has 0 unspecified atom stereocenters. The van der Waals surface area contributed by atoms with E-state index in [4.69, 9.17) is 0 Å². The lowest BCUT2D eigenvalue weighted by molar-refractivity contribution is -0.112. The van der Waals surface area contributed by atoms with Crippen molar-refractivity contribution in [3.8, 4) is 0 Å². The second kappa shape index (κ2) is 8.06. The van der Waals surface area contributed by atoms with Crippen LogP contribution in [0.25, 0.3) is 0 Å². The van der Waals surface area contributed by atoms with E-state index in [2.05, 4.69) is 62.4 Å². The van der Waals surface area contributed by atoms with Crippen molar-refractivity contribution in [2.45, 2.75) is 47.5 Å². The van der Waals surface area contributed by atoms with Crippen LogP contribution in [0.5, 0.6) is 0 Å². The smallest absolute Gasteiger partial charge is 0.152 e. The molecule has 0 aromatic heterocycles. The zero-order valence-corrected chi connectivity index (χ0v) is 13.9. The third-order valence-electron chi connectivity index (χ3n) is 3.32. The second-order valence-electron chi connectivity index (χ2n) is 5.31. The van der Waals surface area contributed by atoms with Crippen molar-refractivity contribution in [1.82, 2.24) is 0 Å². The third kappa shape index (κ3) is 7.02. The quantitative estimate of drug-likeness (QED) is 0.275. The zero-order chi connectivity index (χ0) is 13.5. The molecule has 1 nitrogen and oxygen atoms in total. The summed E-state index contributed by atoms with van der Waals surface area (Å²) < 4.78 is 1.16. The molecule has 98 valence electrons. The van der Waals surface area contributed by atoms with Crippen LogP contribution in [0.4, 0.5) is 0 Å². The predicted octanol–water partition coefficient (Wildman–Crippen LogP) is 4.96. The van der Waals surface area contributed by atoms with Crippen LogP contribution in [-0.4, -0.2) is 10.2 Å². The normalized spacial score (nSPS) is 16.6. The highest BCUT2D eigenvalue weighted by molar-refractivity contribution is 14.1. The lowest BCUT2D eigenvalue weighted by Gasteiger charge is -2.32. The van der Waals surface area contributed by atoms with Crippen LogP contribution in [0.15, 0.2) is 23.8 Å². The molecule has 0 aliphatic carbocycles. The first-order valence-electron chi connectivity index (χ1n) is 6.21. The summed E-state index contributed by atoms with van der Waals surface area (Å²) in [5.74, 6) is 0.723. The van der Waals surface area contributed by atoms with Crippen LogP contribution in [-0.2, 0) is 4.79 Å². The van der Waals surface area contributed by atoms with Gasteiger partial charge in [-0.05, 0) is 55.4 Å². The molecule has 0 radical (unpaired) electrons. The van der Waals surface area contributed by atoms with Gasteiger partial charge in [0.15, 0.2) is 5.78 Å². The SMILES string of the molecule is CC(=O)/C=C/[C@@](C)(CC=C(C)C)[C@H](C)CCI. The molecule has 0 aliphatic rings. The van der Waals surface area contributed by atoms with E-state index >= 15 is 0 Å². The summed E-state index contributed by atoms with van der Waals surface area (Å²) >= 11 is 2.42. The fourth-order valence-corrected chi connectivity index (χ4v) is 2.59. The van der Waals surface area contributed by atoms with Crippen LogP contribution >= 0.6 is 22.6 Å². The summed E-state index contributed by atoms with van der Waals surface area (Å²) in [6.45, 7) is 10.4. The molecular weight excluding hydrogens is 323 g/mol. The highest BCUT2D eigenvalue weighted by atomic mass is 127. The number of alkyl halides is 1. The molecule has 0 N–H and O–H groups in total. The molecular formula is C15H25IO. The van der Waals surface area contributed by atoms with Gasteiger partial charge < -0.3 is 0 Å². The van der Waals surface area contributed by atoms with E-state index in [-0.39, 0.29) is 11.2 Å². The Hall–Kier alpha value is -0.120. The summed E-state index contributed by atoms with van der Waals surface area (Å²) in [6, 6.07) is 0. The maximum atomic E-state index is 11.1. The molecule has 17 heavy (non-hydrogen) atoms. The largest absolute Gasteiger partial charge is 0.295 e. The van der Waals surface area contributed by atoms with Crippen molar-refractivity contribution in [2.75, 3.05) is 4.43 Å². The van der Waals surface area contributed by atoms with Gasteiger partial charge in [-0.1, -0.05) is 54.2 Å². The van der Waals surface area contributed by atoms with Gasteiger partial charge in [-0.2, -0.15) is 0 Å². The predicted molar refractivity (Wildman–Crippen MR) is 84.6 cm³/mol. The van der Waals surface area contributed by atoms with Gasteiger partial charge in [0, 0.05) is 0 Å². The van der Waals surface area contributed by atoms with E-state index in [0.29, 0.717) is 5.92 Å². The number of hydrogen-bond acceptors (Lipinski definition) is 1. The van der Waals surface area contributed by atoms with Crippen LogP contribution in [0.3, 0.4) is 0 Å². The maximum absolute atomic E-state index is 11.1. The minimum Gasteiger partial charge on any atom is -0.295 e. The number of ketones is 1. The van der Waals surface area contributed by atoms with Gasteiger partial charge in [0.25, 0.3) is 0 Å². The van der Waals surface area contributed by atoms with E-state index in [0.717, 1.165) is 10.8 Å². The number of rotatable bonds is 7. The Morgan fingerprint density at radius 2 is 1.94 bits per heavy atom. The molecule has 0 heterocycles. The Morgan fingerprint density at radius 3 is 2.35 bits per heavy atom. The van der Waals surface area contributed by atoms with E-state index in [9.17, 15) is 4.79 Å². The topological polar surface area (TPSA) is 17.1 Å². The van der Waals surface area contributed by atoms with Gasteiger partial charge in [-0.3, -0.25) is 4.79 Å². The fraction of sp³-hybridized carbons (Fsp3) is 0.667. The molecule has 0 saturated heterocycles. The minimum absolute atomic E-state index is 0.0914. The summed E-state index contributed by atoms with van der Waals surface area (Å²) in [5.41, 5.74) is 1.43. The molecule has 0 aromatic rings. The van der Waals surface area contributed by atoms with E-state index in [1.807, 2.05) is 0 Å². The number of carbonyl (C=O) groups is 1. The van der Waals surface area contributed by atoms with Gasteiger partial charge in [-0.25, -0.2) is 0 Å². The minimum atomic E-state index is 0.0914. The summed E-state index contributed by atoms with van der Waals surface area (Å²) in [4.78, 5) is 11.1. The molecule has 0 spiro atoms. The first-order chi connectivity index (χ1) is 7.81. The van der Waals surface area contributed by atoms with E-state index in [1.54, 1.807) is 13.0 Å². The molecule has 0 aliphatic heterocycles. The number of halogens is 1. The van der Waals surface area contributed by atoms with Gasteiger partial charge in [0.2, 0.25) is 0 Å². The van der Waals surface area contributed by atoms with Crippen LogP contribution in [0, 0.1) is 11.3 Å². The first kappa shape index (κ1) is 16.9. The Labute approximate surface area is 120 Å². The van der Waals surface area contributed by atoms with Crippen molar-refractivity contribution in [3.05, 3.63) is 23.8 Å². The molecule has 0 bridgehead atoms. The van der Waals surface area contributed by atoms with Gasteiger partial charge in [-0.15, -0.1) is 0 Å². The highest BCUT2D eigenvalue weighted by Gasteiger charge is 2.26. The molecule has 0 amide bonds. The Kier molecular flexibility index (Phi) is 8.01. The lowest BCUT2D eigenvalue weighted by Crippen LogP contribution is -2.23. The molecule has 0 aromatic carbocycles. The van der Waals surface area contributed by atoms with Gasteiger partial charge >= 0.3 is 0 Å². The maximum Gasteiger partial charge on any atom is 0.152 e. The Bertz CT molecular complexity index is 300. The van der Waals surface area contributed by atoms with Crippen LogP contribution < -0.4 is 0 Å². The van der Waals surface area contributed by atoms with Crippen molar-refractivity contribution in [2.24, 2.45) is 11.3 Å². The Morgan fingerprint density at radius 1 is 1.35 bits per heavy atom. The summed E-state index contributed by atoms with van der Waals surface area (Å²) in [6.07, 6.45) is 8.30. The number of hydrogen-bond donors (Lipinski definition) is 0. The highest BCUT2D eigenvalue weighted by Crippen LogP contribution is 2.36. The molecule has 0 rings (SSSR count).